The monoisotopic (exact) mass is 239 g/mol. The van der Waals surface area contributed by atoms with Gasteiger partial charge in [-0.1, -0.05) is 0 Å². The minimum Gasteiger partial charge on any atom is -0.497 e. The highest BCUT2D eigenvalue weighted by Crippen LogP contribution is 2.16. The van der Waals surface area contributed by atoms with Crippen molar-refractivity contribution in [3.05, 3.63) is 24.3 Å². The van der Waals surface area contributed by atoms with Gasteiger partial charge < -0.3 is 19.5 Å². The third-order valence-corrected chi connectivity index (χ3v) is 2.38. The molecule has 1 aromatic rings. The molecule has 1 N–H and O–H groups in total. The summed E-state index contributed by atoms with van der Waals surface area (Å²) < 4.78 is 10.6. The van der Waals surface area contributed by atoms with E-state index in [-0.39, 0.29) is 6.10 Å². The molecule has 4 heteroatoms. The Hall–Kier alpha value is -1.26. The van der Waals surface area contributed by atoms with Crippen molar-refractivity contribution in [1.82, 2.24) is 4.90 Å². The summed E-state index contributed by atoms with van der Waals surface area (Å²) in [5, 5.41) is 9.20. The molecule has 0 aromatic heterocycles. The van der Waals surface area contributed by atoms with Crippen LogP contribution in [0.4, 0.5) is 0 Å². The van der Waals surface area contributed by atoms with Crippen LogP contribution in [0, 0.1) is 0 Å². The first kappa shape index (κ1) is 13.8. The summed E-state index contributed by atoms with van der Waals surface area (Å²) in [4.78, 5) is 2.04. The standard InChI is InChI=1S/C13H21NO3/c1-11(15)10-14(2)8-9-17-13-6-4-12(16-3)5-7-13/h4-7,11,15H,8-10H2,1-3H3. The molecular weight excluding hydrogens is 218 g/mol. The highest BCUT2D eigenvalue weighted by atomic mass is 16.5. The van der Waals surface area contributed by atoms with Crippen molar-refractivity contribution in [3.8, 4) is 11.5 Å². The molecule has 0 aliphatic rings. The topological polar surface area (TPSA) is 41.9 Å². The molecule has 0 heterocycles. The Morgan fingerprint density at radius 2 is 1.82 bits per heavy atom. The quantitative estimate of drug-likeness (QED) is 0.780. The molecule has 0 saturated carbocycles. The fraction of sp³-hybridized carbons (Fsp3) is 0.538. The average molecular weight is 239 g/mol. The van der Waals surface area contributed by atoms with Gasteiger partial charge in [-0.15, -0.1) is 0 Å². The molecule has 0 aliphatic heterocycles. The van der Waals surface area contributed by atoms with Crippen LogP contribution in [-0.2, 0) is 0 Å². The van der Waals surface area contributed by atoms with E-state index in [4.69, 9.17) is 9.47 Å². The van der Waals surface area contributed by atoms with Crippen molar-refractivity contribution in [2.45, 2.75) is 13.0 Å². The van der Waals surface area contributed by atoms with E-state index >= 15 is 0 Å². The van der Waals surface area contributed by atoms with Gasteiger partial charge in [0, 0.05) is 13.1 Å². The number of ether oxygens (including phenoxy) is 2. The molecule has 4 nitrogen and oxygen atoms in total. The summed E-state index contributed by atoms with van der Waals surface area (Å²) in [7, 11) is 3.60. The van der Waals surface area contributed by atoms with E-state index < -0.39 is 0 Å². The number of benzene rings is 1. The van der Waals surface area contributed by atoms with Gasteiger partial charge in [-0.25, -0.2) is 0 Å². The predicted molar refractivity (Wildman–Crippen MR) is 67.7 cm³/mol. The van der Waals surface area contributed by atoms with Crippen molar-refractivity contribution in [2.24, 2.45) is 0 Å². The number of rotatable bonds is 7. The second-order valence-electron chi connectivity index (χ2n) is 4.14. The Bertz CT molecular complexity index is 311. The molecule has 96 valence electrons. The molecule has 17 heavy (non-hydrogen) atoms. The number of hydrogen-bond acceptors (Lipinski definition) is 4. The van der Waals surface area contributed by atoms with E-state index in [9.17, 15) is 5.11 Å². The fourth-order valence-corrected chi connectivity index (χ4v) is 1.53. The summed E-state index contributed by atoms with van der Waals surface area (Å²) in [5.41, 5.74) is 0. The van der Waals surface area contributed by atoms with Gasteiger partial charge in [-0.2, -0.15) is 0 Å². The average Bonchev–Trinajstić information content (AvgIpc) is 2.29. The number of nitrogens with zero attached hydrogens (tertiary/aromatic N) is 1. The van der Waals surface area contributed by atoms with Gasteiger partial charge in [0.2, 0.25) is 0 Å². The van der Waals surface area contributed by atoms with Crippen LogP contribution in [0.25, 0.3) is 0 Å². The number of hydrogen-bond donors (Lipinski definition) is 1. The van der Waals surface area contributed by atoms with Gasteiger partial charge in [-0.3, -0.25) is 0 Å². The SMILES string of the molecule is COc1ccc(OCCN(C)CC(C)O)cc1. The highest BCUT2D eigenvalue weighted by Gasteiger charge is 2.02. The van der Waals surface area contributed by atoms with Gasteiger partial charge in [-0.05, 0) is 38.2 Å². The third kappa shape index (κ3) is 5.56. The summed E-state index contributed by atoms with van der Waals surface area (Å²) in [5.74, 6) is 1.65. The van der Waals surface area contributed by atoms with Crippen molar-refractivity contribution in [2.75, 3.05) is 33.9 Å². The Morgan fingerprint density at radius 3 is 2.35 bits per heavy atom. The van der Waals surface area contributed by atoms with Gasteiger partial charge in [0.25, 0.3) is 0 Å². The van der Waals surface area contributed by atoms with Crippen LogP contribution in [0.3, 0.4) is 0 Å². The predicted octanol–water partition coefficient (Wildman–Crippen LogP) is 1.39. The minimum atomic E-state index is -0.305. The van der Waals surface area contributed by atoms with Gasteiger partial charge in [0.1, 0.15) is 18.1 Å². The van der Waals surface area contributed by atoms with E-state index in [1.54, 1.807) is 14.0 Å². The van der Waals surface area contributed by atoms with Crippen molar-refractivity contribution in [1.29, 1.82) is 0 Å². The molecule has 0 aliphatic carbocycles. The van der Waals surface area contributed by atoms with Crippen LogP contribution in [0.2, 0.25) is 0 Å². The molecule has 0 amide bonds. The lowest BCUT2D eigenvalue weighted by Gasteiger charge is -2.18. The lowest BCUT2D eigenvalue weighted by molar-refractivity contribution is 0.131. The van der Waals surface area contributed by atoms with Crippen LogP contribution in [-0.4, -0.2) is 50.0 Å². The maximum atomic E-state index is 9.20. The molecule has 1 aromatic carbocycles. The van der Waals surface area contributed by atoms with Crippen LogP contribution >= 0.6 is 0 Å². The number of aliphatic hydroxyl groups excluding tert-OH is 1. The van der Waals surface area contributed by atoms with Gasteiger partial charge in [0.05, 0.1) is 13.2 Å². The van der Waals surface area contributed by atoms with E-state index in [0.29, 0.717) is 13.2 Å². The number of aliphatic hydroxyl groups is 1. The Labute approximate surface area is 103 Å². The van der Waals surface area contributed by atoms with Crippen LogP contribution < -0.4 is 9.47 Å². The normalized spacial score (nSPS) is 12.5. The second-order valence-corrected chi connectivity index (χ2v) is 4.14. The Kier molecular flexibility index (Phi) is 5.80. The van der Waals surface area contributed by atoms with Crippen LogP contribution in [0.15, 0.2) is 24.3 Å². The Morgan fingerprint density at radius 1 is 1.24 bits per heavy atom. The zero-order chi connectivity index (χ0) is 12.7. The first-order valence-electron chi connectivity index (χ1n) is 5.75. The molecule has 0 saturated heterocycles. The fourth-order valence-electron chi connectivity index (χ4n) is 1.53. The number of likely N-dealkylation sites (N-methyl/N-ethyl adjacent to an activating group) is 1. The lowest BCUT2D eigenvalue weighted by Crippen LogP contribution is -2.30. The first-order valence-corrected chi connectivity index (χ1v) is 5.75. The highest BCUT2D eigenvalue weighted by molar-refractivity contribution is 5.31. The van der Waals surface area contributed by atoms with E-state index in [2.05, 4.69) is 0 Å². The molecule has 0 spiro atoms. The van der Waals surface area contributed by atoms with Crippen LogP contribution in [0.5, 0.6) is 11.5 Å². The molecule has 1 rings (SSSR count). The van der Waals surface area contributed by atoms with Crippen molar-refractivity contribution >= 4 is 0 Å². The maximum absolute atomic E-state index is 9.20. The summed E-state index contributed by atoms with van der Waals surface area (Å²) in [6.07, 6.45) is -0.305. The molecular formula is C13H21NO3. The molecule has 0 radical (unpaired) electrons. The van der Waals surface area contributed by atoms with Gasteiger partial charge >= 0.3 is 0 Å². The van der Waals surface area contributed by atoms with E-state index in [1.807, 2.05) is 36.2 Å². The third-order valence-electron chi connectivity index (χ3n) is 2.38. The summed E-state index contributed by atoms with van der Waals surface area (Å²) in [6.45, 7) is 3.83. The smallest absolute Gasteiger partial charge is 0.119 e. The zero-order valence-electron chi connectivity index (χ0n) is 10.7. The van der Waals surface area contributed by atoms with Crippen LogP contribution in [0.1, 0.15) is 6.92 Å². The molecule has 0 bridgehead atoms. The zero-order valence-corrected chi connectivity index (χ0v) is 10.7. The summed E-state index contributed by atoms with van der Waals surface area (Å²) >= 11 is 0. The van der Waals surface area contributed by atoms with E-state index in [1.165, 1.54) is 0 Å². The molecule has 0 fully saturated rings. The minimum absolute atomic E-state index is 0.305. The largest absolute Gasteiger partial charge is 0.497 e. The maximum Gasteiger partial charge on any atom is 0.119 e. The van der Waals surface area contributed by atoms with Crippen molar-refractivity contribution < 1.29 is 14.6 Å². The molecule has 1 unspecified atom stereocenters. The first-order chi connectivity index (χ1) is 8.11. The van der Waals surface area contributed by atoms with E-state index in [0.717, 1.165) is 18.0 Å². The van der Waals surface area contributed by atoms with Crippen molar-refractivity contribution in [3.63, 3.8) is 0 Å². The molecule has 1 atom stereocenters. The number of methoxy groups -OCH3 is 1. The van der Waals surface area contributed by atoms with Gasteiger partial charge in [0.15, 0.2) is 0 Å². The summed E-state index contributed by atoms with van der Waals surface area (Å²) in [6, 6.07) is 7.50. The second kappa shape index (κ2) is 7.14. The lowest BCUT2D eigenvalue weighted by atomic mass is 10.3. The Balaban J connectivity index is 2.25.